The molecule has 2 N–H and O–H groups in total. The molecular weight excluding hydrogens is 272 g/mol. The molecule has 16 heavy (non-hydrogen) atoms. The summed E-state index contributed by atoms with van der Waals surface area (Å²) in [6, 6.07) is 7.00. The van der Waals surface area contributed by atoms with E-state index in [1.165, 1.54) is 0 Å². The highest BCUT2D eigenvalue weighted by Gasteiger charge is 2.26. The summed E-state index contributed by atoms with van der Waals surface area (Å²) in [5.74, 6) is -0.937. The van der Waals surface area contributed by atoms with Gasteiger partial charge in [0, 0.05) is 10.2 Å². The molecule has 0 atom stereocenters. The highest BCUT2D eigenvalue weighted by Crippen LogP contribution is 2.23. The number of benzene rings is 1. The maximum absolute atomic E-state index is 10.9. The van der Waals surface area contributed by atoms with E-state index in [-0.39, 0.29) is 0 Å². The fourth-order valence-electron chi connectivity index (χ4n) is 1.10. The van der Waals surface area contributed by atoms with E-state index < -0.39 is 11.5 Å². The molecule has 0 spiro atoms. The Kier molecular flexibility index (Phi) is 3.55. The van der Waals surface area contributed by atoms with Crippen molar-refractivity contribution in [3.8, 4) is 6.07 Å². The molecular formula is C11H11BrN2O2. The molecule has 1 aromatic rings. The van der Waals surface area contributed by atoms with E-state index in [1.807, 2.05) is 6.07 Å². The predicted octanol–water partition coefficient (Wildman–Crippen LogP) is 2.60. The standard InChI is InChI=1S/C11H11BrN2O2/c1-11(2,10(15)16)14-8-4-3-7(6-13)9(12)5-8/h3-5,14H,1-2H3,(H,15,16). The van der Waals surface area contributed by atoms with Crippen LogP contribution < -0.4 is 5.32 Å². The Morgan fingerprint density at radius 2 is 2.19 bits per heavy atom. The first kappa shape index (κ1) is 12.5. The second-order valence-electron chi connectivity index (χ2n) is 3.86. The maximum Gasteiger partial charge on any atom is 0.328 e. The highest BCUT2D eigenvalue weighted by molar-refractivity contribution is 9.10. The molecule has 0 heterocycles. The summed E-state index contributed by atoms with van der Waals surface area (Å²) in [5.41, 5.74) is 0.116. The number of carboxylic acids is 1. The summed E-state index contributed by atoms with van der Waals surface area (Å²) >= 11 is 3.24. The Bertz CT molecular complexity index is 464. The SMILES string of the molecule is CC(C)(Nc1ccc(C#N)c(Br)c1)C(=O)O. The van der Waals surface area contributed by atoms with Crippen molar-refractivity contribution in [1.82, 2.24) is 0 Å². The zero-order chi connectivity index (χ0) is 12.3. The van der Waals surface area contributed by atoms with Gasteiger partial charge in [0.25, 0.3) is 0 Å². The summed E-state index contributed by atoms with van der Waals surface area (Å²) < 4.78 is 0.640. The van der Waals surface area contributed by atoms with E-state index in [0.29, 0.717) is 15.7 Å². The van der Waals surface area contributed by atoms with Gasteiger partial charge in [0.1, 0.15) is 11.6 Å². The zero-order valence-electron chi connectivity index (χ0n) is 8.91. The van der Waals surface area contributed by atoms with E-state index in [0.717, 1.165) is 0 Å². The number of nitrogens with one attached hydrogen (secondary N) is 1. The van der Waals surface area contributed by atoms with Crippen LogP contribution in [-0.4, -0.2) is 16.6 Å². The molecule has 0 fully saturated rings. The lowest BCUT2D eigenvalue weighted by Crippen LogP contribution is -2.39. The average molecular weight is 283 g/mol. The minimum Gasteiger partial charge on any atom is -0.480 e. The molecule has 0 amide bonds. The van der Waals surface area contributed by atoms with Crippen LogP contribution in [0, 0.1) is 11.3 Å². The van der Waals surface area contributed by atoms with E-state index in [9.17, 15) is 4.79 Å². The van der Waals surface area contributed by atoms with Crippen LogP contribution in [0.25, 0.3) is 0 Å². The topological polar surface area (TPSA) is 73.1 Å². The third-order valence-corrected chi connectivity index (χ3v) is 2.74. The van der Waals surface area contributed by atoms with E-state index >= 15 is 0 Å². The minimum atomic E-state index is -1.05. The van der Waals surface area contributed by atoms with Gasteiger partial charge in [-0.2, -0.15) is 5.26 Å². The molecule has 0 aliphatic carbocycles. The predicted molar refractivity (Wildman–Crippen MR) is 64.2 cm³/mol. The maximum atomic E-state index is 10.9. The number of carboxylic acid groups (broad SMARTS) is 1. The van der Waals surface area contributed by atoms with E-state index in [4.69, 9.17) is 10.4 Å². The summed E-state index contributed by atoms with van der Waals surface area (Å²) in [7, 11) is 0. The Balaban J connectivity index is 2.97. The van der Waals surface area contributed by atoms with Crippen LogP contribution in [0.3, 0.4) is 0 Å². The van der Waals surface area contributed by atoms with Crippen molar-refractivity contribution in [3.63, 3.8) is 0 Å². The number of anilines is 1. The fourth-order valence-corrected chi connectivity index (χ4v) is 1.57. The van der Waals surface area contributed by atoms with Crippen LogP contribution >= 0.6 is 15.9 Å². The molecule has 5 heteroatoms. The van der Waals surface area contributed by atoms with Gasteiger partial charge in [-0.3, -0.25) is 0 Å². The van der Waals surface area contributed by atoms with E-state index in [2.05, 4.69) is 21.2 Å². The average Bonchev–Trinajstić information content (AvgIpc) is 2.17. The Morgan fingerprint density at radius 3 is 2.62 bits per heavy atom. The lowest BCUT2D eigenvalue weighted by Gasteiger charge is -2.22. The lowest BCUT2D eigenvalue weighted by atomic mass is 10.1. The van der Waals surface area contributed by atoms with Crippen molar-refractivity contribution in [3.05, 3.63) is 28.2 Å². The fraction of sp³-hybridized carbons (Fsp3) is 0.273. The molecule has 0 radical (unpaired) electrons. The van der Waals surface area contributed by atoms with Gasteiger partial charge in [-0.05, 0) is 48.0 Å². The number of carbonyl (C=O) groups is 1. The smallest absolute Gasteiger partial charge is 0.328 e. The first-order valence-corrected chi connectivity index (χ1v) is 5.37. The number of nitrogens with zero attached hydrogens (tertiary/aromatic N) is 1. The number of hydrogen-bond donors (Lipinski definition) is 2. The molecule has 1 rings (SSSR count). The first-order chi connectivity index (χ1) is 7.36. The van der Waals surface area contributed by atoms with Crippen molar-refractivity contribution in [2.24, 2.45) is 0 Å². The molecule has 0 saturated carbocycles. The number of hydrogen-bond acceptors (Lipinski definition) is 3. The molecule has 0 aromatic heterocycles. The van der Waals surface area contributed by atoms with Crippen LogP contribution in [0.15, 0.2) is 22.7 Å². The molecule has 84 valence electrons. The molecule has 0 saturated heterocycles. The van der Waals surface area contributed by atoms with Crippen LogP contribution in [0.4, 0.5) is 5.69 Å². The van der Waals surface area contributed by atoms with Gasteiger partial charge in [0.2, 0.25) is 0 Å². The number of rotatable bonds is 3. The summed E-state index contributed by atoms with van der Waals surface area (Å²) in [6.45, 7) is 3.14. The Labute approximate surface area is 102 Å². The third-order valence-electron chi connectivity index (χ3n) is 2.08. The molecule has 0 bridgehead atoms. The molecule has 1 aromatic carbocycles. The third kappa shape index (κ3) is 2.74. The monoisotopic (exact) mass is 282 g/mol. The van der Waals surface area contributed by atoms with Gasteiger partial charge in [0.05, 0.1) is 5.56 Å². The molecule has 0 aliphatic heterocycles. The highest BCUT2D eigenvalue weighted by atomic mass is 79.9. The number of halogens is 1. The quantitative estimate of drug-likeness (QED) is 0.894. The Hall–Kier alpha value is -1.54. The van der Waals surface area contributed by atoms with Gasteiger partial charge in [-0.25, -0.2) is 4.79 Å². The van der Waals surface area contributed by atoms with Crippen molar-refractivity contribution >= 4 is 27.6 Å². The molecule has 0 unspecified atom stereocenters. The first-order valence-electron chi connectivity index (χ1n) is 4.58. The lowest BCUT2D eigenvalue weighted by molar-refractivity contribution is -0.141. The van der Waals surface area contributed by atoms with E-state index in [1.54, 1.807) is 32.0 Å². The van der Waals surface area contributed by atoms with Crippen LogP contribution in [0.1, 0.15) is 19.4 Å². The molecule has 4 nitrogen and oxygen atoms in total. The second-order valence-corrected chi connectivity index (χ2v) is 4.72. The van der Waals surface area contributed by atoms with Crippen LogP contribution in [0.5, 0.6) is 0 Å². The zero-order valence-corrected chi connectivity index (χ0v) is 10.5. The van der Waals surface area contributed by atoms with Crippen molar-refractivity contribution < 1.29 is 9.90 Å². The van der Waals surface area contributed by atoms with Gasteiger partial charge < -0.3 is 10.4 Å². The Morgan fingerprint density at radius 1 is 1.56 bits per heavy atom. The van der Waals surface area contributed by atoms with Gasteiger partial charge in [0.15, 0.2) is 0 Å². The van der Waals surface area contributed by atoms with Crippen LogP contribution in [-0.2, 0) is 4.79 Å². The van der Waals surface area contributed by atoms with Gasteiger partial charge in [-0.15, -0.1) is 0 Å². The number of aliphatic carboxylic acids is 1. The summed E-state index contributed by atoms with van der Waals surface area (Å²) in [5, 5.41) is 20.6. The van der Waals surface area contributed by atoms with Gasteiger partial charge >= 0.3 is 5.97 Å². The van der Waals surface area contributed by atoms with Crippen LogP contribution in [0.2, 0.25) is 0 Å². The second kappa shape index (κ2) is 4.54. The summed E-state index contributed by atoms with van der Waals surface area (Å²) in [6.07, 6.45) is 0. The normalized spacial score (nSPS) is 10.6. The van der Waals surface area contributed by atoms with Crippen molar-refractivity contribution in [1.29, 1.82) is 5.26 Å². The molecule has 0 aliphatic rings. The largest absolute Gasteiger partial charge is 0.480 e. The van der Waals surface area contributed by atoms with Gasteiger partial charge in [-0.1, -0.05) is 0 Å². The summed E-state index contributed by atoms with van der Waals surface area (Å²) in [4.78, 5) is 10.9. The number of nitriles is 1. The van der Waals surface area contributed by atoms with Crippen molar-refractivity contribution in [2.75, 3.05) is 5.32 Å². The van der Waals surface area contributed by atoms with Crippen molar-refractivity contribution in [2.45, 2.75) is 19.4 Å². The minimum absolute atomic E-state index is 0.513.